The van der Waals surface area contributed by atoms with Crippen LogP contribution in [0, 0.1) is 11.8 Å². The van der Waals surface area contributed by atoms with Gasteiger partial charge < -0.3 is 25.4 Å². The van der Waals surface area contributed by atoms with E-state index >= 15 is 0 Å². The lowest BCUT2D eigenvalue weighted by molar-refractivity contribution is -0.124. The predicted octanol–water partition coefficient (Wildman–Crippen LogP) is 1.39. The molecule has 2 saturated heterocycles. The largest absolute Gasteiger partial charge is 0.495 e. The van der Waals surface area contributed by atoms with Crippen molar-refractivity contribution in [1.82, 2.24) is 5.32 Å². The Labute approximate surface area is 149 Å². The molecular weight excluding hydrogens is 318 g/mol. The molecule has 2 unspecified atom stereocenters. The standard InChI is InChI=1S/C19H29N3O3/c1-24-17-5-3-2-4-16(17)22-9-6-14(13-22)12-21-19(23)18(20)15-7-10-25-11-8-15/h2-5,14-15,18H,6-13,20H2,1H3,(H,21,23). The van der Waals surface area contributed by atoms with Gasteiger partial charge >= 0.3 is 0 Å². The van der Waals surface area contributed by atoms with Gasteiger partial charge in [0.05, 0.1) is 18.8 Å². The van der Waals surface area contributed by atoms with E-state index in [-0.39, 0.29) is 11.8 Å². The summed E-state index contributed by atoms with van der Waals surface area (Å²) in [5.41, 5.74) is 7.26. The summed E-state index contributed by atoms with van der Waals surface area (Å²) in [6, 6.07) is 7.65. The Kier molecular flexibility index (Phi) is 6.15. The fourth-order valence-corrected chi connectivity index (χ4v) is 3.76. The number of anilines is 1. The zero-order chi connectivity index (χ0) is 17.6. The van der Waals surface area contributed by atoms with Crippen molar-refractivity contribution in [2.45, 2.75) is 25.3 Å². The van der Waals surface area contributed by atoms with Crippen LogP contribution in [-0.2, 0) is 9.53 Å². The second-order valence-electron chi connectivity index (χ2n) is 6.99. The third-order valence-corrected chi connectivity index (χ3v) is 5.35. The number of amides is 1. The third-order valence-electron chi connectivity index (χ3n) is 5.35. The molecule has 2 aliphatic rings. The van der Waals surface area contributed by atoms with Gasteiger partial charge in [0.2, 0.25) is 5.91 Å². The second kappa shape index (κ2) is 8.54. The van der Waals surface area contributed by atoms with Crippen LogP contribution in [-0.4, -0.2) is 51.9 Å². The average molecular weight is 347 g/mol. The van der Waals surface area contributed by atoms with Crippen LogP contribution < -0.4 is 20.7 Å². The van der Waals surface area contributed by atoms with E-state index in [2.05, 4.69) is 16.3 Å². The highest BCUT2D eigenvalue weighted by atomic mass is 16.5. The molecule has 3 rings (SSSR count). The number of nitrogens with two attached hydrogens (primary N) is 1. The molecule has 1 aromatic rings. The third kappa shape index (κ3) is 4.44. The van der Waals surface area contributed by atoms with Crippen molar-refractivity contribution >= 4 is 11.6 Å². The number of para-hydroxylation sites is 2. The number of hydrogen-bond acceptors (Lipinski definition) is 5. The van der Waals surface area contributed by atoms with Gasteiger partial charge in [-0.25, -0.2) is 0 Å². The van der Waals surface area contributed by atoms with Crippen molar-refractivity contribution in [2.75, 3.05) is 44.9 Å². The molecule has 0 saturated carbocycles. The molecule has 2 fully saturated rings. The van der Waals surface area contributed by atoms with Crippen LogP contribution >= 0.6 is 0 Å². The highest BCUT2D eigenvalue weighted by Gasteiger charge is 2.28. The van der Waals surface area contributed by atoms with Gasteiger partial charge in [0.25, 0.3) is 0 Å². The zero-order valence-electron chi connectivity index (χ0n) is 14.9. The van der Waals surface area contributed by atoms with Crippen LogP contribution in [0.2, 0.25) is 0 Å². The molecule has 1 aromatic carbocycles. The van der Waals surface area contributed by atoms with Gasteiger partial charge in [-0.15, -0.1) is 0 Å². The van der Waals surface area contributed by atoms with Crippen LogP contribution in [0.1, 0.15) is 19.3 Å². The molecule has 1 amide bonds. The minimum atomic E-state index is -0.421. The molecule has 0 aromatic heterocycles. The second-order valence-corrected chi connectivity index (χ2v) is 6.99. The average Bonchev–Trinajstić information content (AvgIpc) is 3.15. The maximum atomic E-state index is 12.3. The topological polar surface area (TPSA) is 76.8 Å². The van der Waals surface area contributed by atoms with Crippen LogP contribution in [0.3, 0.4) is 0 Å². The molecule has 138 valence electrons. The van der Waals surface area contributed by atoms with E-state index in [1.54, 1.807) is 7.11 Å². The smallest absolute Gasteiger partial charge is 0.237 e. The first-order chi connectivity index (χ1) is 12.2. The molecule has 6 heteroatoms. The highest BCUT2D eigenvalue weighted by molar-refractivity contribution is 5.81. The molecule has 3 N–H and O–H groups in total. The number of carbonyl (C=O) groups is 1. The Morgan fingerprint density at radius 1 is 1.36 bits per heavy atom. The van der Waals surface area contributed by atoms with Gasteiger partial charge in [0.1, 0.15) is 5.75 Å². The number of nitrogens with zero attached hydrogens (tertiary/aromatic N) is 1. The number of ether oxygens (including phenoxy) is 2. The van der Waals surface area contributed by atoms with E-state index in [0.717, 1.165) is 43.8 Å². The summed E-state index contributed by atoms with van der Waals surface area (Å²) in [6.45, 7) is 4.01. The Morgan fingerprint density at radius 2 is 2.12 bits per heavy atom. The van der Waals surface area contributed by atoms with Gasteiger partial charge in [-0.2, -0.15) is 0 Å². The summed E-state index contributed by atoms with van der Waals surface area (Å²) in [5.74, 6) is 1.55. The summed E-state index contributed by atoms with van der Waals surface area (Å²) in [4.78, 5) is 14.7. The minimum Gasteiger partial charge on any atom is -0.495 e. The Hall–Kier alpha value is -1.79. The lowest BCUT2D eigenvalue weighted by Crippen LogP contribution is -2.48. The van der Waals surface area contributed by atoms with E-state index in [9.17, 15) is 4.79 Å². The van der Waals surface area contributed by atoms with E-state index < -0.39 is 6.04 Å². The minimum absolute atomic E-state index is 0.0253. The van der Waals surface area contributed by atoms with Crippen molar-refractivity contribution < 1.29 is 14.3 Å². The monoisotopic (exact) mass is 347 g/mol. The van der Waals surface area contributed by atoms with Crippen LogP contribution in [0.4, 0.5) is 5.69 Å². The van der Waals surface area contributed by atoms with E-state index in [1.807, 2.05) is 18.2 Å². The number of rotatable bonds is 6. The lowest BCUT2D eigenvalue weighted by Gasteiger charge is -2.27. The van der Waals surface area contributed by atoms with E-state index in [1.165, 1.54) is 0 Å². The molecule has 0 radical (unpaired) electrons. The Bertz CT molecular complexity index is 575. The molecule has 2 aliphatic heterocycles. The molecule has 25 heavy (non-hydrogen) atoms. The van der Waals surface area contributed by atoms with E-state index in [4.69, 9.17) is 15.2 Å². The van der Waals surface area contributed by atoms with Gasteiger partial charge in [-0.3, -0.25) is 4.79 Å². The number of carbonyl (C=O) groups excluding carboxylic acids is 1. The van der Waals surface area contributed by atoms with Gasteiger partial charge in [0, 0.05) is 32.8 Å². The fraction of sp³-hybridized carbons (Fsp3) is 0.632. The van der Waals surface area contributed by atoms with Gasteiger partial charge in [-0.05, 0) is 43.2 Å². The lowest BCUT2D eigenvalue weighted by atomic mass is 9.92. The molecule has 0 aliphatic carbocycles. The molecule has 0 bridgehead atoms. The SMILES string of the molecule is COc1ccccc1N1CCC(CNC(=O)C(N)C2CCOCC2)C1. The summed E-state index contributed by atoms with van der Waals surface area (Å²) in [6.07, 6.45) is 2.81. The van der Waals surface area contributed by atoms with Crippen LogP contribution in [0.15, 0.2) is 24.3 Å². The quantitative estimate of drug-likeness (QED) is 0.813. The number of hydrogen-bond donors (Lipinski definition) is 2. The maximum absolute atomic E-state index is 12.3. The normalized spacial score (nSPS) is 22.6. The van der Waals surface area contributed by atoms with Crippen molar-refractivity contribution in [3.63, 3.8) is 0 Å². The maximum Gasteiger partial charge on any atom is 0.237 e. The van der Waals surface area contributed by atoms with Gasteiger partial charge in [-0.1, -0.05) is 12.1 Å². The first-order valence-corrected chi connectivity index (χ1v) is 9.18. The Balaban J connectivity index is 1.47. The number of methoxy groups -OCH3 is 1. The molecule has 2 heterocycles. The van der Waals surface area contributed by atoms with Crippen LogP contribution in [0.25, 0.3) is 0 Å². The first-order valence-electron chi connectivity index (χ1n) is 9.18. The summed E-state index contributed by atoms with van der Waals surface area (Å²) in [5, 5.41) is 3.06. The summed E-state index contributed by atoms with van der Waals surface area (Å²) >= 11 is 0. The summed E-state index contributed by atoms with van der Waals surface area (Å²) in [7, 11) is 1.70. The Morgan fingerprint density at radius 3 is 2.88 bits per heavy atom. The van der Waals surface area contributed by atoms with Crippen LogP contribution in [0.5, 0.6) is 5.75 Å². The summed E-state index contributed by atoms with van der Waals surface area (Å²) < 4.78 is 10.8. The van der Waals surface area contributed by atoms with Crippen molar-refractivity contribution in [1.29, 1.82) is 0 Å². The van der Waals surface area contributed by atoms with E-state index in [0.29, 0.717) is 25.7 Å². The predicted molar refractivity (Wildman–Crippen MR) is 97.8 cm³/mol. The number of benzene rings is 1. The van der Waals surface area contributed by atoms with Crippen molar-refractivity contribution in [3.05, 3.63) is 24.3 Å². The first kappa shape index (κ1) is 18.0. The molecule has 6 nitrogen and oxygen atoms in total. The van der Waals surface area contributed by atoms with Crippen molar-refractivity contribution in [3.8, 4) is 5.75 Å². The van der Waals surface area contributed by atoms with Gasteiger partial charge in [0.15, 0.2) is 0 Å². The fourth-order valence-electron chi connectivity index (χ4n) is 3.76. The molecule has 0 spiro atoms. The number of nitrogens with one attached hydrogen (secondary N) is 1. The highest BCUT2D eigenvalue weighted by Crippen LogP contribution is 2.31. The zero-order valence-corrected chi connectivity index (χ0v) is 14.9. The van der Waals surface area contributed by atoms with Crippen molar-refractivity contribution in [2.24, 2.45) is 17.6 Å². The molecule has 2 atom stereocenters. The molecular formula is C19H29N3O3.